The molecule has 160 valence electrons. The van der Waals surface area contributed by atoms with Crippen LogP contribution in [-0.4, -0.2) is 37.1 Å². The normalized spacial score (nSPS) is 23.4. The van der Waals surface area contributed by atoms with Gasteiger partial charge in [-0.05, 0) is 43.6 Å². The van der Waals surface area contributed by atoms with Crippen LogP contribution in [0.1, 0.15) is 55.5 Å². The quantitative estimate of drug-likeness (QED) is 0.432. The number of fused-ring (bicyclic) bond motifs is 2. The SMILES string of the molecule is CC1CC(C)CN(c2cc(N3CCCCC3)c3c4c(onc24)-c2ccccc2C3=O)C1. The minimum atomic E-state index is 0.101. The number of piperidine rings is 2. The maximum atomic E-state index is 13.7. The van der Waals surface area contributed by atoms with Crippen molar-refractivity contribution in [1.29, 1.82) is 0 Å². The van der Waals surface area contributed by atoms with Crippen molar-refractivity contribution in [2.24, 2.45) is 11.8 Å². The lowest BCUT2D eigenvalue weighted by Gasteiger charge is -2.38. The third-order valence-corrected chi connectivity index (χ3v) is 7.26. The highest BCUT2D eigenvalue weighted by molar-refractivity contribution is 6.28. The van der Waals surface area contributed by atoms with Crippen molar-refractivity contribution in [1.82, 2.24) is 5.16 Å². The highest BCUT2D eigenvalue weighted by Crippen LogP contribution is 2.47. The molecule has 5 heteroatoms. The second-order valence-corrected chi connectivity index (χ2v) is 9.80. The number of hydrogen-bond donors (Lipinski definition) is 0. The molecule has 0 spiro atoms. The van der Waals surface area contributed by atoms with Crippen LogP contribution in [0.2, 0.25) is 0 Å². The van der Waals surface area contributed by atoms with E-state index in [2.05, 4.69) is 34.9 Å². The lowest BCUT2D eigenvalue weighted by atomic mass is 9.85. The molecule has 0 amide bonds. The maximum Gasteiger partial charge on any atom is 0.196 e. The Hall–Kier alpha value is -2.82. The smallest absolute Gasteiger partial charge is 0.196 e. The van der Waals surface area contributed by atoms with Gasteiger partial charge >= 0.3 is 0 Å². The van der Waals surface area contributed by atoms with E-state index in [0.717, 1.165) is 70.9 Å². The number of benzene rings is 2. The van der Waals surface area contributed by atoms with Crippen molar-refractivity contribution < 1.29 is 9.32 Å². The van der Waals surface area contributed by atoms with Gasteiger partial charge in [-0.2, -0.15) is 0 Å². The Kier molecular flexibility index (Phi) is 4.34. The van der Waals surface area contributed by atoms with Crippen molar-refractivity contribution in [3.05, 3.63) is 41.5 Å². The molecule has 3 aromatic rings. The number of carbonyl (C=O) groups excluding carboxylic acids is 1. The van der Waals surface area contributed by atoms with Crippen LogP contribution in [0.25, 0.3) is 22.2 Å². The zero-order chi connectivity index (χ0) is 21.1. The van der Waals surface area contributed by atoms with E-state index in [-0.39, 0.29) is 5.78 Å². The summed E-state index contributed by atoms with van der Waals surface area (Å²) in [5.74, 6) is 2.12. The van der Waals surface area contributed by atoms with E-state index < -0.39 is 0 Å². The Morgan fingerprint density at radius 2 is 1.65 bits per heavy atom. The van der Waals surface area contributed by atoms with Crippen LogP contribution in [0.5, 0.6) is 0 Å². The minimum Gasteiger partial charge on any atom is -0.371 e. The zero-order valence-electron chi connectivity index (χ0n) is 18.4. The molecule has 2 fully saturated rings. The van der Waals surface area contributed by atoms with Gasteiger partial charge in [-0.25, -0.2) is 0 Å². The molecule has 0 saturated carbocycles. The Morgan fingerprint density at radius 3 is 2.39 bits per heavy atom. The van der Waals surface area contributed by atoms with E-state index in [1.165, 1.54) is 25.7 Å². The number of nitrogens with zero attached hydrogens (tertiary/aromatic N) is 3. The number of anilines is 2. The van der Waals surface area contributed by atoms with Crippen LogP contribution < -0.4 is 9.80 Å². The van der Waals surface area contributed by atoms with E-state index in [4.69, 9.17) is 4.52 Å². The fourth-order valence-electron chi connectivity index (χ4n) is 6.01. The molecular formula is C26H29N3O2. The Balaban J connectivity index is 1.62. The topological polar surface area (TPSA) is 49.6 Å². The summed E-state index contributed by atoms with van der Waals surface area (Å²) < 4.78 is 5.95. The molecule has 5 nitrogen and oxygen atoms in total. The Labute approximate surface area is 183 Å². The van der Waals surface area contributed by atoms with Crippen molar-refractivity contribution in [3.63, 3.8) is 0 Å². The van der Waals surface area contributed by atoms with Crippen LogP contribution in [0.4, 0.5) is 11.4 Å². The molecule has 2 aliphatic heterocycles. The molecule has 0 bridgehead atoms. The molecular weight excluding hydrogens is 386 g/mol. The Bertz CT molecular complexity index is 1160. The summed E-state index contributed by atoms with van der Waals surface area (Å²) in [6.07, 6.45) is 4.86. The Morgan fingerprint density at radius 1 is 0.935 bits per heavy atom. The van der Waals surface area contributed by atoms with Crippen LogP contribution in [0.15, 0.2) is 34.9 Å². The number of ketones is 1. The summed E-state index contributed by atoms with van der Waals surface area (Å²) >= 11 is 0. The summed E-state index contributed by atoms with van der Waals surface area (Å²) in [6.45, 7) is 8.70. The first kappa shape index (κ1) is 18.9. The standard InChI is InChI=1S/C26H29N3O2/c1-16-12-17(2)15-29(14-16)21-13-20(28-10-6-3-7-11-28)22-23-24(21)27-31-26(23)19-9-5-4-8-18(19)25(22)30/h4-5,8-9,13,16-17H,3,6-7,10-12,14-15H2,1-2H3. The molecule has 3 heterocycles. The molecule has 1 aliphatic carbocycles. The second kappa shape index (κ2) is 7.11. The van der Waals surface area contributed by atoms with E-state index in [1.54, 1.807) is 0 Å². The number of rotatable bonds is 2. The predicted octanol–water partition coefficient (Wildman–Crippen LogP) is 5.51. The zero-order valence-corrected chi connectivity index (χ0v) is 18.4. The van der Waals surface area contributed by atoms with Crippen molar-refractivity contribution in [2.75, 3.05) is 36.0 Å². The summed E-state index contributed by atoms with van der Waals surface area (Å²) in [6, 6.07) is 10.0. The average molecular weight is 416 g/mol. The molecule has 31 heavy (non-hydrogen) atoms. The van der Waals surface area contributed by atoms with Gasteiger partial charge in [0.15, 0.2) is 11.5 Å². The number of hydrogen-bond acceptors (Lipinski definition) is 5. The lowest BCUT2D eigenvalue weighted by molar-refractivity contribution is 0.104. The van der Waals surface area contributed by atoms with E-state index >= 15 is 0 Å². The number of aromatic nitrogens is 1. The lowest BCUT2D eigenvalue weighted by Crippen LogP contribution is -2.39. The molecule has 3 aliphatic rings. The molecule has 2 unspecified atom stereocenters. The first-order valence-electron chi connectivity index (χ1n) is 11.7. The van der Waals surface area contributed by atoms with Crippen LogP contribution in [0.3, 0.4) is 0 Å². The first-order valence-corrected chi connectivity index (χ1v) is 11.7. The van der Waals surface area contributed by atoms with Crippen molar-refractivity contribution >= 4 is 28.1 Å². The summed E-state index contributed by atoms with van der Waals surface area (Å²) in [4.78, 5) is 18.6. The molecule has 1 aromatic heterocycles. The summed E-state index contributed by atoms with van der Waals surface area (Å²) in [7, 11) is 0. The second-order valence-electron chi connectivity index (χ2n) is 9.80. The fourth-order valence-corrected chi connectivity index (χ4v) is 6.01. The average Bonchev–Trinajstić information content (AvgIpc) is 3.22. The molecule has 2 atom stereocenters. The maximum absolute atomic E-state index is 13.7. The van der Waals surface area contributed by atoms with Crippen LogP contribution in [-0.2, 0) is 0 Å². The van der Waals surface area contributed by atoms with Gasteiger partial charge in [0.05, 0.1) is 22.3 Å². The van der Waals surface area contributed by atoms with Crippen molar-refractivity contribution in [3.8, 4) is 11.3 Å². The largest absolute Gasteiger partial charge is 0.371 e. The molecule has 2 saturated heterocycles. The van der Waals surface area contributed by atoms with E-state index in [1.807, 2.05) is 24.3 Å². The highest BCUT2D eigenvalue weighted by Gasteiger charge is 2.36. The molecule has 6 rings (SSSR count). The van der Waals surface area contributed by atoms with E-state index in [0.29, 0.717) is 11.8 Å². The monoisotopic (exact) mass is 415 g/mol. The van der Waals surface area contributed by atoms with Gasteiger partial charge < -0.3 is 14.3 Å². The first-order chi connectivity index (χ1) is 15.1. The van der Waals surface area contributed by atoms with Gasteiger partial charge in [0, 0.05) is 37.3 Å². The summed E-state index contributed by atoms with van der Waals surface area (Å²) in [5, 5.41) is 5.46. The van der Waals surface area contributed by atoms with Gasteiger partial charge in [-0.1, -0.05) is 43.3 Å². The molecule has 0 N–H and O–H groups in total. The summed E-state index contributed by atoms with van der Waals surface area (Å²) in [5.41, 5.74) is 5.41. The van der Waals surface area contributed by atoms with Gasteiger partial charge in [0.2, 0.25) is 0 Å². The number of carbonyl (C=O) groups is 1. The van der Waals surface area contributed by atoms with Gasteiger partial charge in [0.1, 0.15) is 5.52 Å². The molecule has 2 aromatic carbocycles. The van der Waals surface area contributed by atoms with Gasteiger partial charge in [0.25, 0.3) is 0 Å². The third kappa shape index (κ3) is 2.89. The highest BCUT2D eigenvalue weighted by atomic mass is 16.5. The third-order valence-electron chi connectivity index (χ3n) is 7.26. The van der Waals surface area contributed by atoms with Crippen LogP contribution in [0, 0.1) is 11.8 Å². The molecule has 0 radical (unpaired) electrons. The van der Waals surface area contributed by atoms with E-state index in [9.17, 15) is 4.79 Å². The van der Waals surface area contributed by atoms with Gasteiger partial charge in [-0.15, -0.1) is 0 Å². The predicted molar refractivity (Wildman–Crippen MR) is 124 cm³/mol. The fraction of sp³-hybridized carbons (Fsp3) is 0.462. The van der Waals surface area contributed by atoms with Crippen molar-refractivity contribution in [2.45, 2.75) is 39.5 Å². The van der Waals surface area contributed by atoms with Gasteiger partial charge in [-0.3, -0.25) is 4.79 Å². The van der Waals surface area contributed by atoms with Crippen LogP contribution >= 0.6 is 0 Å². The minimum absolute atomic E-state index is 0.101.